The molecule has 1 aromatic rings. The predicted octanol–water partition coefficient (Wildman–Crippen LogP) is 1.46. The molecule has 1 heterocycles. The summed E-state index contributed by atoms with van der Waals surface area (Å²) >= 11 is 0. The summed E-state index contributed by atoms with van der Waals surface area (Å²) in [7, 11) is 1.67. The van der Waals surface area contributed by atoms with E-state index in [2.05, 4.69) is 15.6 Å². The van der Waals surface area contributed by atoms with Crippen molar-refractivity contribution in [2.45, 2.75) is 12.3 Å². The maximum Gasteiger partial charge on any atom is 0.416 e. The van der Waals surface area contributed by atoms with E-state index in [4.69, 9.17) is 5.11 Å². The van der Waals surface area contributed by atoms with Crippen LogP contribution in [0, 0.1) is 0 Å². The van der Waals surface area contributed by atoms with Gasteiger partial charge in [0, 0.05) is 13.6 Å². The molecule has 1 unspecified atom stereocenters. The highest BCUT2D eigenvalue weighted by atomic mass is 19.4. The molecule has 0 aliphatic carbocycles. The molecule has 1 rings (SSSR count). The second-order valence-electron chi connectivity index (χ2n) is 3.15. The zero-order valence-electron chi connectivity index (χ0n) is 8.54. The number of halogens is 3. The Morgan fingerprint density at radius 3 is 2.56 bits per heavy atom. The zero-order chi connectivity index (χ0) is 12.2. The van der Waals surface area contributed by atoms with Gasteiger partial charge in [0.25, 0.3) is 0 Å². The van der Waals surface area contributed by atoms with Crippen molar-refractivity contribution in [2.75, 3.05) is 24.2 Å². The molecular formula is C9H12F3N3O. The molecule has 0 spiro atoms. The van der Waals surface area contributed by atoms with Crippen LogP contribution in [0.15, 0.2) is 18.5 Å². The highest BCUT2D eigenvalue weighted by molar-refractivity contribution is 5.53. The van der Waals surface area contributed by atoms with Gasteiger partial charge in [0.15, 0.2) is 6.10 Å². The molecule has 1 aromatic heterocycles. The lowest BCUT2D eigenvalue weighted by atomic mass is 10.3. The minimum atomic E-state index is -4.61. The van der Waals surface area contributed by atoms with Crippen molar-refractivity contribution in [1.29, 1.82) is 0 Å². The first-order valence-corrected chi connectivity index (χ1v) is 4.55. The van der Waals surface area contributed by atoms with E-state index < -0.39 is 18.8 Å². The fraction of sp³-hybridized carbons (Fsp3) is 0.444. The number of aromatic nitrogens is 1. The van der Waals surface area contributed by atoms with E-state index in [9.17, 15) is 13.2 Å². The average molecular weight is 235 g/mol. The standard InChI is InChI=1S/C9H12F3N3O/c1-13-6-2-7(4-14-3-6)15-5-8(16)9(10,11)12/h2-4,8,13,15-16H,5H2,1H3. The number of rotatable bonds is 4. The van der Waals surface area contributed by atoms with Crippen molar-refractivity contribution in [2.24, 2.45) is 0 Å². The Morgan fingerprint density at radius 1 is 1.38 bits per heavy atom. The van der Waals surface area contributed by atoms with Crippen molar-refractivity contribution in [1.82, 2.24) is 4.98 Å². The first-order chi connectivity index (χ1) is 7.43. The van der Waals surface area contributed by atoms with Crippen molar-refractivity contribution in [3.05, 3.63) is 18.5 Å². The van der Waals surface area contributed by atoms with Crippen molar-refractivity contribution >= 4 is 11.4 Å². The van der Waals surface area contributed by atoms with E-state index in [0.717, 1.165) is 0 Å². The van der Waals surface area contributed by atoms with Crippen LogP contribution in [0.1, 0.15) is 0 Å². The third kappa shape index (κ3) is 3.58. The van der Waals surface area contributed by atoms with E-state index >= 15 is 0 Å². The summed E-state index contributed by atoms with van der Waals surface area (Å²) in [5.41, 5.74) is 1.08. The normalized spacial score (nSPS) is 13.3. The second kappa shape index (κ2) is 5.02. The lowest BCUT2D eigenvalue weighted by Gasteiger charge is -2.15. The van der Waals surface area contributed by atoms with Crippen LogP contribution in [0.4, 0.5) is 24.5 Å². The Kier molecular flexibility index (Phi) is 3.94. The summed E-state index contributed by atoms with van der Waals surface area (Å²) in [4.78, 5) is 3.81. The molecule has 0 radical (unpaired) electrons. The number of nitrogens with zero attached hydrogens (tertiary/aromatic N) is 1. The molecule has 0 aliphatic heterocycles. The predicted molar refractivity (Wildman–Crippen MR) is 54.3 cm³/mol. The topological polar surface area (TPSA) is 57.2 Å². The Bertz CT molecular complexity index is 343. The maximum absolute atomic E-state index is 12.0. The summed E-state index contributed by atoms with van der Waals surface area (Å²) < 4.78 is 35.9. The number of aliphatic hydroxyl groups is 1. The molecule has 4 nitrogen and oxygen atoms in total. The second-order valence-corrected chi connectivity index (χ2v) is 3.15. The number of anilines is 2. The van der Waals surface area contributed by atoms with Gasteiger partial charge in [-0.2, -0.15) is 13.2 Å². The molecule has 0 amide bonds. The van der Waals surface area contributed by atoms with Crippen molar-refractivity contribution in [3.63, 3.8) is 0 Å². The highest BCUT2D eigenvalue weighted by Gasteiger charge is 2.37. The van der Waals surface area contributed by atoms with Crippen LogP contribution < -0.4 is 10.6 Å². The van der Waals surface area contributed by atoms with E-state index in [1.807, 2.05) is 0 Å². The van der Waals surface area contributed by atoms with Crippen LogP contribution in [0.3, 0.4) is 0 Å². The number of alkyl halides is 3. The Balaban J connectivity index is 2.54. The minimum Gasteiger partial charge on any atom is -0.387 e. The van der Waals surface area contributed by atoms with Crippen molar-refractivity contribution in [3.8, 4) is 0 Å². The molecule has 16 heavy (non-hydrogen) atoms. The van der Waals surface area contributed by atoms with Crippen LogP contribution in [-0.2, 0) is 0 Å². The van der Waals surface area contributed by atoms with E-state index in [-0.39, 0.29) is 0 Å². The maximum atomic E-state index is 12.0. The van der Waals surface area contributed by atoms with E-state index in [0.29, 0.717) is 11.4 Å². The van der Waals surface area contributed by atoms with Gasteiger partial charge < -0.3 is 15.7 Å². The van der Waals surface area contributed by atoms with Crippen LogP contribution >= 0.6 is 0 Å². The van der Waals surface area contributed by atoms with Gasteiger partial charge in [0.2, 0.25) is 0 Å². The van der Waals surface area contributed by atoms with E-state index in [1.165, 1.54) is 12.4 Å². The molecule has 3 N–H and O–H groups in total. The summed E-state index contributed by atoms with van der Waals surface area (Å²) in [6.45, 7) is -0.599. The Labute approximate surface area is 90.5 Å². The minimum absolute atomic E-state index is 0.412. The monoisotopic (exact) mass is 235 g/mol. The molecule has 0 aromatic carbocycles. The van der Waals surface area contributed by atoms with Gasteiger partial charge in [-0.15, -0.1) is 0 Å². The highest BCUT2D eigenvalue weighted by Crippen LogP contribution is 2.20. The lowest BCUT2D eigenvalue weighted by molar-refractivity contribution is -0.198. The molecule has 0 aliphatic rings. The lowest BCUT2D eigenvalue weighted by Crippen LogP contribution is -2.35. The fourth-order valence-corrected chi connectivity index (χ4v) is 1.00. The van der Waals surface area contributed by atoms with Gasteiger partial charge in [-0.3, -0.25) is 4.98 Å². The van der Waals surface area contributed by atoms with Gasteiger partial charge in [-0.05, 0) is 6.07 Å². The Hall–Kier alpha value is -1.50. The molecule has 90 valence electrons. The number of nitrogens with one attached hydrogen (secondary N) is 2. The van der Waals surface area contributed by atoms with E-state index in [1.54, 1.807) is 13.1 Å². The van der Waals surface area contributed by atoms with Crippen LogP contribution in [0.25, 0.3) is 0 Å². The van der Waals surface area contributed by atoms with Crippen LogP contribution in [0.2, 0.25) is 0 Å². The molecular weight excluding hydrogens is 223 g/mol. The van der Waals surface area contributed by atoms with Crippen LogP contribution in [0.5, 0.6) is 0 Å². The quantitative estimate of drug-likeness (QED) is 0.739. The molecule has 1 atom stereocenters. The summed E-state index contributed by atoms with van der Waals surface area (Å²) in [5.74, 6) is 0. The molecule has 0 bridgehead atoms. The number of hydrogen-bond donors (Lipinski definition) is 3. The van der Waals surface area contributed by atoms with Gasteiger partial charge >= 0.3 is 6.18 Å². The third-order valence-electron chi connectivity index (χ3n) is 1.90. The third-order valence-corrected chi connectivity index (χ3v) is 1.90. The van der Waals surface area contributed by atoms with Gasteiger partial charge in [-0.25, -0.2) is 0 Å². The number of aliphatic hydroxyl groups excluding tert-OH is 1. The zero-order valence-corrected chi connectivity index (χ0v) is 8.54. The van der Waals surface area contributed by atoms with Crippen molar-refractivity contribution < 1.29 is 18.3 Å². The molecule has 7 heteroatoms. The molecule has 0 saturated carbocycles. The average Bonchev–Trinajstić information content (AvgIpc) is 2.25. The fourth-order valence-electron chi connectivity index (χ4n) is 1.00. The molecule has 0 saturated heterocycles. The molecule has 0 fully saturated rings. The summed E-state index contributed by atoms with van der Waals surface area (Å²) in [6, 6.07) is 1.59. The van der Waals surface area contributed by atoms with Gasteiger partial charge in [0.05, 0.1) is 23.8 Å². The number of hydrogen-bond acceptors (Lipinski definition) is 4. The number of pyridine rings is 1. The SMILES string of the molecule is CNc1cncc(NCC(O)C(F)(F)F)c1. The largest absolute Gasteiger partial charge is 0.416 e. The summed E-state index contributed by atoms with van der Waals surface area (Å²) in [6.07, 6.45) is -4.08. The smallest absolute Gasteiger partial charge is 0.387 e. The summed E-state index contributed by atoms with van der Waals surface area (Å²) in [5, 5.41) is 14.0. The van der Waals surface area contributed by atoms with Gasteiger partial charge in [0.1, 0.15) is 0 Å². The first kappa shape index (κ1) is 12.6. The van der Waals surface area contributed by atoms with Gasteiger partial charge in [-0.1, -0.05) is 0 Å². The first-order valence-electron chi connectivity index (χ1n) is 4.55. The van der Waals surface area contributed by atoms with Crippen LogP contribution in [-0.4, -0.2) is 36.0 Å². The Morgan fingerprint density at radius 2 is 2.00 bits per heavy atom.